The van der Waals surface area contributed by atoms with Gasteiger partial charge in [0.05, 0.1) is 0 Å². The van der Waals surface area contributed by atoms with Crippen LogP contribution in [0.4, 0.5) is 0 Å². The number of nitrogens with two attached hydrogens (primary N) is 1. The van der Waals surface area contributed by atoms with Gasteiger partial charge in [0.1, 0.15) is 0 Å². The molecule has 0 saturated heterocycles. The van der Waals surface area contributed by atoms with Gasteiger partial charge in [0.25, 0.3) is 0 Å². The van der Waals surface area contributed by atoms with E-state index in [2.05, 4.69) is 16.0 Å². The zero-order valence-corrected chi connectivity index (χ0v) is 16.3. The predicted molar refractivity (Wildman–Crippen MR) is 97.7 cm³/mol. The minimum Gasteiger partial charge on any atom is -0.374 e. The molecule has 7 nitrogen and oxygen atoms in total. The number of hydrogen-bond acceptors (Lipinski definition) is 7. The van der Waals surface area contributed by atoms with Gasteiger partial charge in [0.15, 0.2) is 0 Å². The first-order chi connectivity index (χ1) is 11.2. The summed E-state index contributed by atoms with van der Waals surface area (Å²) in [6.45, 7) is 14.3. The van der Waals surface area contributed by atoms with Crippen LogP contribution in [-0.4, -0.2) is 74.4 Å². The monoisotopic (exact) mass is 350 g/mol. The largest absolute Gasteiger partial charge is 0.500 e. The van der Waals surface area contributed by atoms with Crippen molar-refractivity contribution in [1.82, 2.24) is 16.0 Å². The quantitative estimate of drug-likeness (QED) is 0.207. The van der Waals surface area contributed by atoms with Crippen LogP contribution in [-0.2, 0) is 13.3 Å². The van der Waals surface area contributed by atoms with Crippen LogP contribution in [0, 0.1) is 0 Å². The summed E-state index contributed by atoms with van der Waals surface area (Å²) in [7, 11) is -2.46. The third-order valence-corrected chi connectivity index (χ3v) is 6.36. The van der Waals surface area contributed by atoms with Crippen LogP contribution in [0.3, 0.4) is 0 Å². The van der Waals surface area contributed by atoms with Crippen molar-refractivity contribution in [2.45, 2.75) is 33.2 Å². The Kier molecular flexibility index (Phi) is 16.7. The summed E-state index contributed by atoms with van der Waals surface area (Å²) < 4.78 is 17.5. The van der Waals surface area contributed by atoms with Crippen molar-refractivity contribution >= 4 is 8.80 Å². The van der Waals surface area contributed by atoms with E-state index >= 15 is 0 Å². The van der Waals surface area contributed by atoms with Crippen molar-refractivity contribution in [3.8, 4) is 0 Å². The smallest absolute Gasteiger partial charge is 0.374 e. The summed E-state index contributed by atoms with van der Waals surface area (Å²) in [6, 6.07) is 0.867. The van der Waals surface area contributed by atoms with Gasteiger partial charge in [-0.3, -0.25) is 0 Å². The minimum absolute atomic E-state index is 0.641. The first kappa shape index (κ1) is 22.9. The molecule has 0 spiro atoms. The van der Waals surface area contributed by atoms with E-state index in [1.807, 2.05) is 20.8 Å². The normalized spacial score (nSPS) is 12.0. The van der Waals surface area contributed by atoms with Gasteiger partial charge in [0, 0.05) is 65.1 Å². The molecule has 0 atom stereocenters. The average molecular weight is 351 g/mol. The molecular weight excluding hydrogens is 312 g/mol. The SMILES string of the molecule is CCO[Si](CCCNCCNCCNCCN)(OCC)OCC. The Morgan fingerprint density at radius 1 is 0.696 bits per heavy atom. The average Bonchev–Trinajstić information content (AvgIpc) is 2.53. The molecule has 8 heteroatoms. The summed E-state index contributed by atoms with van der Waals surface area (Å²) in [5.74, 6) is 0. The number of hydrogen-bond donors (Lipinski definition) is 4. The van der Waals surface area contributed by atoms with Gasteiger partial charge in [-0.15, -0.1) is 0 Å². The molecule has 140 valence electrons. The van der Waals surface area contributed by atoms with Gasteiger partial charge in [-0.25, -0.2) is 0 Å². The third-order valence-electron chi connectivity index (χ3n) is 3.21. The topological polar surface area (TPSA) is 89.8 Å². The summed E-state index contributed by atoms with van der Waals surface area (Å²) >= 11 is 0. The Bertz CT molecular complexity index is 234. The second-order valence-electron chi connectivity index (χ2n) is 5.12. The van der Waals surface area contributed by atoms with Crippen LogP contribution in [0.5, 0.6) is 0 Å². The van der Waals surface area contributed by atoms with E-state index in [0.29, 0.717) is 26.4 Å². The molecule has 0 heterocycles. The Balaban J connectivity index is 3.65. The number of rotatable bonds is 18. The fourth-order valence-corrected chi connectivity index (χ4v) is 4.87. The zero-order valence-electron chi connectivity index (χ0n) is 15.3. The van der Waals surface area contributed by atoms with Crippen molar-refractivity contribution in [1.29, 1.82) is 0 Å². The van der Waals surface area contributed by atoms with Crippen LogP contribution in [0.2, 0.25) is 6.04 Å². The molecule has 0 radical (unpaired) electrons. The standard InChI is InChI=1S/C15H38N4O3Si/c1-4-20-23(21-5-2,22-6-3)15-7-9-17-11-13-19-14-12-18-10-8-16/h17-19H,4-16H2,1-3H3. The van der Waals surface area contributed by atoms with E-state index in [4.69, 9.17) is 19.0 Å². The van der Waals surface area contributed by atoms with Crippen molar-refractivity contribution < 1.29 is 13.3 Å². The molecule has 0 aromatic carbocycles. The lowest BCUT2D eigenvalue weighted by atomic mass is 10.4. The fourth-order valence-electron chi connectivity index (χ4n) is 2.26. The first-order valence-electron chi connectivity index (χ1n) is 8.98. The van der Waals surface area contributed by atoms with E-state index in [1.54, 1.807) is 0 Å². The maximum absolute atomic E-state index is 5.84. The minimum atomic E-state index is -2.46. The lowest BCUT2D eigenvalue weighted by Crippen LogP contribution is -2.46. The van der Waals surface area contributed by atoms with Crippen molar-refractivity contribution in [3.05, 3.63) is 0 Å². The number of nitrogens with one attached hydrogen (secondary N) is 3. The predicted octanol–water partition coefficient (Wildman–Crippen LogP) is 0.152. The molecule has 0 rings (SSSR count). The highest BCUT2D eigenvalue weighted by Crippen LogP contribution is 2.17. The molecule has 0 aliphatic rings. The van der Waals surface area contributed by atoms with Crippen LogP contribution >= 0.6 is 0 Å². The van der Waals surface area contributed by atoms with Gasteiger partial charge in [0.2, 0.25) is 0 Å². The molecule has 0 unspecified atom stereocenters. The van der Waals surface area contributed by atoms with Gasteiger partial charge >= 0.3 is 8.80 Å². The van der Waals surface area contributed by atoms with Crippen LogP contribution < -0.4 is 21.7 Å². The van der Waals surface area contributed by atoms with E-state index in [9.17, 15) is 0 Å². The van der Waals surface area contributed by atoms with Crippen molar-refractivity contribution in [2.24, 2.45) is 5.73 Å². The second-order valence-corrected chi connectivity index (χ2v) is 7.86. The van der Waals surface area contributed by atoms with Gasteiger partial charge in [-0.1, -0.05) is 0 Å². The molecule has 0 aliphatic heterocycles. The summed E-state index contributed by atoms with van der Waals surface area (Å²) in [4.78, 5) is 0. The highest BCUT2D eigenvalue weighted by molar-refractivity contribution is 6.60. The summed E-state index contributed by atoms with van der Waals surface area (Å²) in [6.07, 6.45) is 1.00. The Morgan fingerprint density at radius 3 is 1.57 bits per heavy atom. The summed E-state index contributed by atoms with van der Waals surface area (Å²) in [5, 5.41) is 10.1. The Labute approximate surface area is 143 Å². The van der Waals surface area contributed by atoms with E-state index in [1.165, 1.54) is 0 Å². The van der Waals surface area contributed by atoms with Gasteiger partial charge in [-0.2, -0.15) is 0 Å². The second kappa shape index (κ2) is 16.8. The highest BCUT2D eigenvalue weighted by atomic mass is 28.4. The molecule has 0 bridgehead atoms. The molecular formula is C15H38N4O3Si. The van der Waals surface area contributed by atoms with Crippen LogP contribution in [0.25, 0.3) is 0 Å². The molecule has 0 aromatic rings. The molecule has 0 amide bonds. The lowest BCUT2D eigenvalue weighted by Gasteiger charge is -2.28. The fraction of sp³-hybridized carbons (Fsp3) is 1.00. The molecule has 0 aliphatic carbocycles. The van der Waals surface area contributed by atoms with Gasteiger partial charge in [-0.05, 0) is 33.7 Å². The van der Waals surface area contributed by atoms with Crippen LogP contribution in [0.15, 0.2) is 0 Å². The first-order valence-corrected chi connectivity index (χ1v) is 10.9. The summed E-state index contributed by atoms with van der Waals surface area (Å²) in [5.41, 5.74) is 5.41. The maximum atomic E-state index is 5.84. The molecule has 0 fully saturated rings. The third kappa shape index (κ3) is 13.0. The lowest BCUT2D eigenvalue weighted by molar-refractivity contribution is 0.0708. The molecule has 0 saturated carbocycles. The van der Waals surface area contributed by atoms with Gasteiger partial charge < -0.3 is 35.0 Å². The molecule has 0 aromatic heterocycles. The van der Waals surface area contributed by atoms with Crippen molar-refractivity contribution in [3.63, 3.8) is 0 Å². The van der Waals surface area contributed by atoms with Crippen molar-refractivity contribution in [2.75, 3.05) is 65.6 Å². The van der Waals surface area contributed by atoms with Crippen LogP contribution in [0.1, 0.15) is 27.2 Å². The Hall–Kier alpha value is -0.0631. The maximum Gasteiger partial charge on any atom is 0.500 e. The molecule has 23 heavy (non-hydrogen) atoms. The molecule has 5 N–H and O–H groups in total. The highest BCUT2D eigenvalue weighted by Gasteiger charge is 2.39. The van der Waals surface area contributed by atoms with E-state index in [-0.39, 0.29) is 0 Å². The Morgan fingerprint density at radius 2 is 1.13 bits per heavy atom. The van der Waals surface area contributed by atoms with E-state index in [0.717, 1.165) is 51.7 Å². The zero-order chi connectivity index (χ0) is 17.2. The van der Waals surface area contributed by atoms with E-state index < -0.39 is 8.80 Å².